The van der Waals surface area contributed by atoms with E-state index in [4.69, 9.17) is 4.74 Å². The van der Waals surface area contributed by atoms with Crippen molar-refractivity contribution >= 4 is 11.5 Å². The summed E-state index contributed by atoms with van der Waals surface area (Å²) >= 11 is 0. The second-order valence-corrected chi connectivity index (χ2v) is 6.77. The third-order valence-electron chi connectivity index (χ3n) is 5.00. The van der Waals surface area contributed by atoms with E-state index in [1.165, 1.54) is 12.1 Å². The van der Waals surface area contributed by atoms with Crippen LogP contribution in [0.3, 0.4) is 0 Å². The van der Waals surface area contributed by atoms with Crippen molar-refractivity contribution in [3.63, 3.8) is 0 Å². The molecule has 0 amide bonds. The number of hydrogen-bond donors (Lipinski definition) is 0. The zero-order valence-corrected chi connectivity index (χ0v) is 12.6. The van der Waals surface area contributed by atoms with Crippen LogP contribution in [0.15, 0.2) is 24.3 Å². The van der Waals surface area contributed by atoms with Gasteiger partial charge in [0, 0.05) is 29.6 Å². The summed E-state index contributed by atoms with van der Waals surface area (Å²) in [6.45, 7) is 4.48. The van der Waals surface area contributed by atoms with E-state index >= 15 is 0 Å². The second-order valence-electron chi connectivity index (χ2n) is 6.77. The molecule has 3 nitrogen and oxygen atoms in total. The third kappa shape index (κ3) is 2.00. The predicted octanol–water partition coefficient (Wildman–Crippen LogP) is 3.57. The summed E-state index contributed by atoms with van der Waals surface area (Å²) in [5.74, 6) is 1.29. The Morgan fingerprint density at radius 1 is 1.05 bits per heavy atom. The van der Waals surface area contributed by atoms with Crippen LogP contribution in [0.2, 0.25) is 0 Å². The minimum atomic E-state index is -0.0308. The van der Waals surface area contributed by atoms with Gasteiger partial charge in [-0.25, -0.2) is 0 Å². The number of ether oxygens (including phenoxy) is 1. The zero-order valence-electron chi connectivity index (χ0n) is 12.6. The predicted molar refractivity (Wildman–Crippen MR) is 80.4 cm³/mol. The molecule has 1 aromatic rings. The number of methoxy groups -OCH3 is 1. The monoisotopic (exact) mass is 273 g/mol. The Hall–Kier alpha value is -1.51. The highest BCUT2D eigenvalue weighted by Gasteiger charge is 2.52. The van der Waals surface area contributed by atoms with Crippen LogP contribution in [0.1, 0.15) is 46.0 Å². The molecule has 0 radical (unpaired) electrons. The number of piperidine rings is 2. The fourth-order valence-corrected chi connectivity index (χ4v) is 4.33. The van der Waals surface area contributed by atoms with Crippen molar-refractivity contribution in [2.24, 2.45) is 0 Å². The van der Waals surface area contributed by atoms with Crippen molar-refractivity contribution in [2.75, 3.05) is 12.0 Å². The fraction of sp³-hybridized carbons (Fsp3) is 0.588. The summed E-state index contributed by atoms with van der Waals surface area (Å²) in [5.41, 5.74) is 1.15. The van der Waals surface area contributed by atoms with Gasteiger partial charge in [-0.1, -0.05) is 0 Å². The van der Waals surface area contributed by atoms with Crippen molar-refractivity contribution in [1.29, 1.82) is 0 Å². The lowest BCUT2D eigenvalue weighted by Gasteiger charge is -2.60. The summed E-state index contributed by atoms with van der Waals surface area (Å²) in [4.78, 5) is 14.6. The SMILES string of the molecule is COc1ccc(N2C3(C)CCCC2(C)CC(=O)C3)cc1. The van der Waals surface area contributed by atoms with Crippen LogP contribution < -0.4 is 9.64 Å². The molecule has 0 spiro atoms. The van der Waals surface area contributed by atoms with Gasteiger partial charge >= 0.3 is 0 Å². The van der Waals surface area contributed by atoms with Crippen LogP contribution in [0.4, 0.5) is 5.69 Å². The van der Waals surface area contributed by atoms with Crippen molar-refractivity contribution in [3.8, 4) is 5.75 Å². The Morgan fingerprint density at radius 2 is 1.60 bits per heavy atom. The Morgan fingerprint density at radius 3 is 2.10 bits per heavy atom. The van der Waals surface area contributed by atoms with Crippen LogP contribution >= 0.6 is 0 Å². The average Bonchev–Trinajstić information content (AvgIpc) is 2.36. The van der Waals surface area contributed by atoms with Crippen LogP contribution in [0, 0.1) is 0 Å². The number of carbonyl (C=O) groups excluding carboxylic acids is 1. The Kier molecular flexibility index (Phi) is 3.03. The zero-order chi connectivity index (χ0) is 14.4. The van der Waals surface area contributed by atoms with E-state index in [-0.39, 0.29) is 11.1 Å². The molecule has 2 saturated heterocycles. The lowest BCUT2D eigenvalue weighted by Crippen LogP contribution is -2.66. The first-order valence-electron chi connectivity index (χ1n) is 7.43. The summed E-state index contributed by atoms with van der Waals surface area (Å²) in [5, 5.41) is 0. The van der Waals surface area contributed by atoms with E-state index in [1.807, 2.05) is 12.1 Å². The minimum Gasteiger partial charge on any atom is -0.497 e. The number of ketones is 1. The highest BCUT2D eigenvalue weighted by Crippen LogP contribution is 2.49. The first-order valence-corrected chi connectivity index (χ1v) is 7.43. The molecule has 2 heterocycles. The van der Waals surface area contributed by atoms with Crippen LogP contribution in [-0.4, -0.2) is 24.0 Å². The molecule has 3 rings (SSSR count). The van der Waals surface area contributed by atoms with Gasteiger partial charge in [-0.05, 0) is 57.4 Å². The molecule has 0 aromatic heterocycles. The first-order chi connectivity index (χ1) is 9.47. The normalized spacial score (nSPS) is 33.1. The van der Waals surface area contributed by atoms with Crippen LogP contribution in [0.25, 0.3) is 0 Å². The molecule has 0 saturated carbocycles. The number of anilines is 1. The van der Waals surface area contributed by atoms with E-state index in [9.17, 15) is 4.79 Å². The van der Waals surface area contributed by atoms with Crippen LogP contribution in [0.5, 0.6) is 5.75 Å². The maximum Gasteiger partial charge on any atom is 0.137 e. The summed E-state index contributed by atoms with van der Waals surface area (Å²) in [6.07, 6.45) is 4.76. The molecule has 2 aliphatic heterocycles. The molecule has 108 valence electrons. The number of carbonyl (C=O) groups is 1. The second kappa shape index (κ2) is 4.51. The van der Waals surface area contributed by atoms with Gasteiger partial charge < -0.3 is 9.64 Å². The average molecular weight is 273 g/mol. The molecule has 3 heteroatoms. The quantitative estimate of drug-likeness (QED) is 0.825. The standard InChI is InChI=1S/C17H23NO2/c1-16-9-4-10-17(2,12-14(19)11-16)18(16)13-5-7-15(20-3)8-6-13/h5-8H,4,9-12H2,1-3H3. The summed E-state index contributed by atoms with van der Waals surface area (Å²) in [7, 11) is 1.69. The summed E-state index contributed by atoms with van der Waals surface area (Å²) < 4.78 is 5.25. The van der Waals surface area contributed by atoms with E-state index in [1.54, 1.807) is 7.11 Å². The first kappa shape index (κ1) is 13.5. The molecule has 2 unspecified atom stereocenters. The van der Waals surface area contributed by atoms with E-state index in [0.717, 1.165) is 18.6 Å². The minimum absolute atomic E-state index is 0.0308. The van der Waals surface area contributed by atoms with Gasteiger partial charge in [0.2, 0.25) is 0 Å². The van der Waals surface area contributed by atoms with Gasteiger partial charge in [0.05, 0.1) is 7.11 Å². The Labute approximate surface area is 120 Å². The highest BCUT2D eigenvalue weighted by molar-refractivity contribution is 5.85. The molecule has 2 atom stereocenters. The van der Waals surface area contributed by atoms with Crippen LogP contribution in [-0.2, 0) is 4.79 Å². The molecular weight excluding hydrogens is 250 g/mol. The van der Waals surface area contributed by atoms with Gasteiger partial charge in [-0.2, -0.15) is 0 Å². The van der Waals surface area contributed by atoms with Crippen molar-refractivity contribution in [2.45, 2.75) is 57.0 Å². The number of hydrogen-bond acceptors (Lipinski definition) is 3. The van der Waals surface area contributed by atoms with Gasteiger partial charge in [0.15, 0.2) is 0 Å². The lowest BCUT2D eigenvalue weighted by molar-refractivity contribution is -0.124. The number of fused-ring (bicyclic) bond motifs is 2. The molecule has 20 heavy (non-hydrogen) atoms. The Balaban J connectivity index is 2.03. The molecule has 0 aliphatic carbocycles. The van der Waals surface area contributed by atoms with E-state index in [0.29, 0.717) is 18.6 Å². The molecule has 0 N–H and O–H groups in total. The number of Topliss-reactive ketones (excluding diaryl/α,β-unsaturated/α-hetero) is 1. The number of benzene rings is 1. The van der Waals surface area contributed by atoms with Crippen molar-refractivity contribution < 1.29 is 9.53 Å². The van der Waals surface area contributed by atoms with Gasteiger partial charge in [0.1, 0.15) is 11.5 Å². The lowest BCUT2D eigenvalue weighted by atomic mass is 9.68. The van der Waals surface area contributed by atoms with Gasteiger partial charge in [-0.15, -0.1) is 0 Å². The summed E-state index contributed by atoms with van der Waals surface area (Å²) in [6, 6.07) is 8.26. The van der Waals surface area contributed by atoms with Gasteiger partial charge in [-0.3, -0.25) is 4.79 Å². The maximum absolute atomic E-state index is 12.1. The molecule has 2 bridgehead atoms. The maximum atomic E-state index is 12.1. The fourth-order valence-electron chi connectivity index (χ4n) is 4.33. The van der Waals surface area contributed by atoms with Gasteiger partial charge in [0.25, 0.3) is 0 Å². The highest BCUT2D eigenvalue weighted by atomic mass is 16.5. The van der Waals surface area contributed by atoms with Crippen molar-refractivity contribution in [3.05, 3.63) is 24.3 Å². The largest absolute Gasteiger partial charge is 0.497 e. The molecule has 2 fully saturated rings. The van der Waals surface area contributed by atoms with E-state index < -0.39 is 0 Å². The smallest absolute Gasteiger partial charge is 0.137 e. The molecule has 1 aromatic carbocycles. The number of rotatable bonds is 2. The Bertz CT molecular complexity index is 502. The third-order valence-corrected chi connectivity index (χ3v) is 5.00. The topological polar surface area (TPSA) is 29.5 Å². The van der Waals surface area contributed by atoms with Crippen molar-refractivity contribution in [1.82, 2.24) is 0 Å². The number of nitrogens with zero attached hydrogens (tertiary/aromatic N) is 1. The molecular formula is C17H23NO2. The van der Waals surface area contributed by atoms with E-state index in [2.05, 4.69) is 30.9 Å². The molecule has 2 aliphatic rings.